The van der Waals surface area contributed by atoms with E-state index in [1.165, 1.54) is 6.20 Å². The number of pyridine rings is 1. The molecule has 1 fully saturated rings. The number of carbonyl (C=O) groups is 2. The Labute approximate surface area is 111 Å². The van der Waals surface area contributed by atoms with E-state index in [2.05, 4.69) is 20.6 Å². The van der Waals surface area contributed by atoms with Crippen LogP contribution in [0.25, 0.3) is 0 Å². The minimum atomic E-state index is -0.688. The predicted molar refractivity (Wildman–Crippen MR) is 70.1 cm³/mol. The van der Waals surface area contributed by atoms with Crippen molar-refractivity contribution in [3.05, 3.63) is 24.5 Å². The number of hydrazine groups is 1. The molecule has 1 aliphatic rings. The van der Waals surface area contributed by atoms with Gasteiger partial charge in [-0.05, 0) is 19.2 Å². The van der Waals surface area contributed by atoms with Gasteiger partial charge in [-0.3, -0.25) is 20.0 Å². The third-order valence-electron chi connectivity index (χ3n) is 2.89. The summed E-state index contributed by atoms with van der Waals surface area (Å²) in [7, 11) is 2.02. The van der Waals surface area contributed by atoms with Gasteiger partial charge >= 0.3 is 11.8 Å². The number of nitrogens with one attached hydrogen (secondary N) is 2. The van der Waals surface area contributed by atoms with E-state index < -0.39 is 11.8 Å². The molecule has 2 amide bonds. The molecule has 0 aromatic carbocycles. The van der Waals surface area contributed by atoms with Gasteiger partial charge in [0.2, 0.25) is 0 Å². The Kier molecular flexibility index (Phi) is 4.43. The van der Waals surface area contributed by atoms with Crippen LogP contribution in [0.3, 0.4) is 0 Å². The quantitative estimate of drug-likeness (QED) is 0.690. The van der Waals surface area contributed by atoms with E-state index in [9.17, 15) is 9.59 Å². The third kappa shape index (κ3) is 4.01. The third-order valence-corrected chi connectivity index (χ3v) is 2.89. The van der Waals surface area contributed by atoms with Crippen molar-refractivity contribution < 1.29 is 9.59 Å². The lowest BCUT2D eigenvalue weighted by molar-refractivity contribution is -0.139. The maximum atomic E-state index is 11.7. The molecular formula is C12H17N5O2. The number of aromatic nitrogens is 1. The zero-order valence-electron chi connectivity index (χ0n) is 10.8. The van der Waals surface area contributed by atoms with Crippen LogP contribution < -0.4 is 10.7 Å². The molecule has 0 unspecified atom stereocenters. The van der Waals surface area contributed by atoms with Crippen LogP contribution in [-0.4, -0.2) is 59.9 Å². The van der Waals surface area contributed by atoms with E-state index in [1.54, 1.807) is 23.3 Å². The maximum absolute atomic E-state index is 11.7. The first-order valence-corrected chi connectivity index (χ1v) is 6.10. The highest BCUT2D eigenvalue weighted by atomic mass is 16.2. The molecule has 0 saturated carbocycles. The average molecular weight is 263 g/mol. The number of anilines is 1. The Morgan fingerprint density at radius 2 is 1.95 bits per heavy atom. The number of hydrogen-bond donors (Lipinski definition) is 2. The van der Waals surface area contributed by atoms with E-state index in [1.807, 2.05) is 7.05 Å². The summed E-state index contributed by atoms with van der Waals surface area (Å²) in [5.41, 5.74) is 3.10. The molecule has 0 bridgehead atoms. The van der Waals surface area contributed by atoms with Crippen LogP contribution in [0, 0.1) is 0 Å². The topological polar surface area (TPSA) is 77.6 Å². The van der Waals surface area contributed by atoms with E-state index >= 15 is 0 Å². The molecule has 0 spiro atoms. The second-order valence-corrected chi connectivity index (χ2v) is 4.43. The lowest BCUT2D eigenvalue weighted by Gasteiger charge is -2.32. The molecule has 102 valence electrons. The molecule has 0 atom stereocenters. The first-order chi connectivity index (χ1) is 9.15. The lowest BCUT2D eigenvalue weighted by atomic mass is 10.4. The second kappa shape index (κ2) is 6.26. The Bertz CT molecular complexity index is 443. The van der Waals surface area contributed by atoms with Crippen LogP contribution in [0.5, 0.6) is 0 Å². The molecule has 7 nitrogen and oxygen atoms in total. The van der Waals surface area contributed by atoms with Gasteiger partial charge in [-0.1, -0.05) is 0 Å². The summed E-state index contributed by atoms with van der Waals surface area (Å²) in [6.45, 7) is 3.15. The van der Waals surface area contributed by atoms with Crippen LogP contribution in [-0.2, 0) is 9.59 Å². The summed E-state index contributed by atoms with van der Waals surface area (Å²) in [5, 5.41) is 4.24. The van der Waals surface area contributed by atoms with Gasteiger partial charge in [0.05, 0.1) is 11.9 Å². The Balaban J connectivity index is 1.81. The van der Waals surface area contributed by atoms with Crippen molar-refractivity contribution in [3.63, 3.8) is 0 Å². The van der Waals surface area contributed by atoms with Crippen LogP contribution in [0.15, 0.2) is 24.5 Å². The second-order valence-electron chi connectivity index (χ2n) is 4.43. The summed E-state index contributed by atoms with van der Waals surface area (Å²) in [5.74, 6) is -1.35. The first-order valence-electron chi connectivity index (χ1n) is 6.10. The molecule has 0 aliphatic carbocycles. The minimum absolute atomic E-state index is 0.501. The van der Waals surface area contributed by atoms with Crippen molar-refractivity contribution in [3.8, 4) is 0 Å². The van der Waals surface area contributed by atoms with Crippen LogP contribution in [0.4, 0.5) is 5.69 Å². The number of rotatable bonds is 2. The Hall–Kier alpha value is -1.99. The van der Waals surface area contributed by atoms with Gasteiger partial charge < -0.3 is 10.2 Å². The number of likely N-dealkylation sites (N-methyl/N-ethyl adjacent to an activating group) is 1. The van der Waals surface area contributed by atoms with Crippen LogP contribution in [0.2, 0.25) is 0 Å². The van der Waals surface area contributed by atoms with Gasteiger partial charge in [0, 0.05) is 32.4 Å². The van der Waals surface area contributed by atoms with Crippen molar-refractivity contribution >= 4 is 17.5 Å². The molecule has 1 aromatic rings. The summed E-state index contributed by atoms with van der Waals surface area (Å²) < 4.78 is 0. The van der Waals surface area contributed by atoms with Gasteiger partial charge in [0.25, 0.3) is 0 Å². The van der Waals surface area contributed by atoms with E-state index in [4.69, 9.17) is 0 Å². The molecule has 1 saturated heterocycles. The molecular weight excluding hydrogens is 246 g/mol. The number of nitrogens with zero attached hydrogens (tertiary/aromatic N) is 3. The summed E-state index contributed by atoms with van der Waals surface area (Å²) in [6, 6.07) is 3.36. The van der Waals surface area contributed by atoms with Crippen molar-refractivity contribution in [1.29, 1.82) is 0 Å². The van der Waals surface area contributed by atoms with Crippen LogP contribution in [0.1, 0.15) is 0 Å². The molecule has 1 aliphatic heterocycles. The smallest absolute Gasteiger partial charge is 0.316 e. The largest absolute Gasteiger partial charge is 0.323 e. The van der Waals surface area contributed by atoms with Gasteiger partial charge in [-0.2, -0.15) is 0 Å². The Morgan fingerprint density at radius 1 is 1.21 bits per heavy atom. The lowest BCUT2D eigenvalue weighted by Crippen LogP contribution is -2.54. The van der Waals surface area contributed by atoms with Crippen molar-refractivity contribution in [1.82, 2.24) is 20.3 Å². The minimum Gasteiger partial charge on any atom is -0.316 e. The normalized spacial score (nSPS) is 16.9. The molecule has 1 aromatic heterocycles. The molecule has 0 radical (unpaired) electrons. The van der Waals surface area contributed by atoms with Crippen molar-refractivity contribution in [2.45, 2.75) is 0 Å². The number of piperazine rings is 1. The summed E-state index contributed by atoms with van der Waals surface area (Å²) in [6.07, 6.45) is 3.08. The highest BCUT2D eigenvalue weighted by Crippen LogP contribution is 2.02. The Morgan fingerprint density at radius 3 is 2.58 bits per heavy atom. The molecule has 2 N–H and O–H groups in total. The number of hydrogen-bond acceptors (Lipinski definition) is 5. The van der Waals surface area contributed by atoms with Crippen molar-refractivity contribution in [2.75, 3.05) is 38.5 Å². The molecule has 2 rings (SSSR count). The van der Waals surface area contributed by atoms with Crippen molar-refractivity contribution in [2.24, 2.45) is 0 Å². The monoisotopic (exact) mass is 263 g/mol. The van der Waals surface area contributed by atoms with Gasteiger partial charge in [0.15, 0.2) is 0 Å². The summed E-state index contributed by atoms with van der Waals surface area (Å²) >= 11 is 0. The van der Waals surface area contributed by atoms with E-state index in [0.717, 1.165) is 13.1 Å². The molecule has 2 heterocycles. The molecule has 7 heteroatoms. The van der Waals surface area contributed by atoms with Gasteiger partial charge in [-0.15, -0.1) is 0 Å². The standard InChI is InChI=1S/C12H17N5O2/c1-16-5-7-17(8-6-16)15-12(19)11(18)14-10-3-2-4-13-9-10/h2-4,9H,5-8H2,1H3,(H,14,18)(H,15,19). The molecule has 19 heavy (non-hydrogen) atoms. The zero-order chi connectivity index (χ0) is 13.7. The average Bonchev–Trinajstić information content (AvgIpc) is 2.42. The van der Waals surface area contributed by atoms with Gasteiger partial charge in [-0.25, -0.2) is 5.01 Å². The zero-order valence-corrected chi connectivity index (χ0v) is 10.8. The fraction of sp³-hybridized carbons (Fsp3) is 0.417. The van der Waals surface area contributed by atoms with Crippen LogP contribution >= 0.6 is 0 Å². The predicted octanol–water partition coefficient (Wildman–Crippen LogP) is -0.701. The van der Waals surface area contributed by atoms with E-state index in [0.29, 0.717) is 18.8 Å². The van der Waals surface area contributed by atoms with Gasteiger partial charge in [0.1, 0.15) is 0 Å². The van der Waals surface area contributed by atoms with E-state index in [-0.39, 0.29) is 0 Å². The maximum Gasteiger partial charge on any atom is 0.323 e. The fourth-order valence-corrected chi connectivity index (χ4v) is 1.74. The number of carbonyl (C=O) groups excluding carboxylic acids is 2. The highest BCUT2D eigenvalue weighted by molar-refractivity contribution is 6.39. The SMILES string of the molecule is CN1CCN(NC(=O)C(=O)Nc2cccnc2)CC1. The first kappa shape index (κ1) is 13.4. The highest BCUT2D eigenvalue weighted by Gasteiger charge is 2.20. The fourth-order valence-electron chi connectivity index (χ4n) is 1.74. The summed E-state index contributed by atoms with van der Waals surface area (Å²) in [4.78, 5) is 29.4. The number of amides is 2.